The normalized spacial score (nSPS) is 13.3. The monoisotopic (exact) mass is 634 g/mol. The van der Waals surface area contributed by atoms with E-state index in [0.29, 0.717) is 0 Å². The lowest BCUT2D eigenvalue weighted by atomic mass is 9.77. The molecule has 9 aromatic rings. The smallest absolute Gasteiger partial charge is 0.00232 e. The molecule has 0 amide bonds. The summed E-state index contributed by atoms with van der Waals surface area (Å²) in [5.74, 6) is 0. The molecule has 9 aromatic carbocycles. The van der Waals surface area contributed by atoms with E-state index in [-0.39, 0.29) is 0 Å². The van der Waals surface area contributed by atoms with E-state index in [9.17, 15) is 0 Å². The Bertz CT molecular complexity index is 2810. The summed E-state index contributed by atoms with van der Waals surface area (Å²) in [5.41, 5.74) is 16.8. The molecular formula is C50H34. The van der Waals surface area contributed by atoms with Gasteiger partial charge in [0.1, 0.15) is 0 Å². The van der Waals surface area contributed by atoms with E-state index in [4.69, 9.17) is 0 Å². The van der Waals surface area contributed by atoms with E-state index in [1.165, 1.54) is 110 Å². The molecule has 50 heavy (non-hydrogen) atoms. The minimum absolute atomic E-state index is 1.04. The van der Waals surface area contributed by atoms with Crippen LogP contribution < -0.4 is 0 Å². The van der Waals surface area contributed by atoms with Crippen molar-refractivity contribution in [2.24, 2.45) is 0 Å². The fourth-order valence-corrected chi connectivity index (χ4v) is 9.46. The fraction of sp³-hybridized carbons (Fsp3) is 0.0800. The number of rotatable bonds is 2. The summed E-state index contributed by atoms with van der Waals surface area (Å²) in [6, 6.07) is 59.6. The molecule has 0 saturated heterocycles. The predicted molar refractivity (Wildman–Crippen MR) is 213 cm³/mol. The van der Waals surface area contributed by atoms with Crippen LogP contribution in [0.1, 0.15) is 22.3 Å². The molecule has 2 aliphatic carbocycles. The lowest BCUT2D eigenvalue weighted by Crippen LogP contribution is -2.07. The lowest BCUT2D eigenvalue weighted by Gasteiger charge is -2.27. The van der Waals surface area contributed by atoms with Crippen LogP contribution >= 0.6 is 0 Å². The summed E-state index contributed by atoms with van der Waals surface area (Å²) in [6.07, 6.45) is 4.24. The molecule has 0 atom stereocenters. The van der Waals surface area contributed by atoms with Gasteiger partial charge in [-0.2, -0.15) is 0 Å². The number of benzene rings is 9. The van der Waals surface area contributed by atoms with Crippen LogP contribution in [0.15, 0.2) is 158 Å². The summed E-state index contributed by atoms with van der Waals surface area (Å²) < 4.78 is 0. The number of hydrogen-bond acceptors (Lipinski definition) is 0. The summed E-state index contributed by atoms with van der Waals surface area (Å²) in [4.78, 5) is 0. The molecule has 0 spiro atoms. The van der Waals surface area contributed by atoms with E-state index in [0.717, 1.165) is 25.7 Å². The van der Waals surface area contributed by atoms with Gasteiger partial charge in [0, 0.05) is 0 Å². The number of aryl methyl sites for hydroxylation is 3. The highest BCUT2D eigenvalue weighted by Gasteiger charge is 2.26. The first-order valence-corrected chi connectivity index (χ1v) is 18.0. The van der Waals surface area contributed by atoms with Crippen molar-refractivity contribution in [1.82, 2.24) is 0 Å². The Morgan fingerprint density at radius 3 is 1.60 bits per heavy atom. The number of hydrogen-bond donors (Lipinski definition) is 0. The van der Waals surface area contributed by atoms with Crippen LogP contribution in [0.5, 0.6) is 0 Å². The van der Waals surface area contributed by atoms with E-state index in [1.54, 1.807) is 0 Å². The van der Waals surface area contributed by atoms with Crippen molar-refractivity contribution < 1.29 is 0 Å². The van der Waals surface area contributed by atoms with Crippen LogP contribution in [-0.4, -0.2) is 0 Å². The van der Waals surface area contributed by atoms with Crippen LogP contribution in [0.3, 0.4) is 0 Å². The SMILES string of the molecule is c1ccc2c(c1)CCc1c(-c3c4ccccc4c(-c4ccc5c(c4)CCc4ccc6ccccc6c4-5)c4ccccc34)cc3ccccc3c1-2. The Kier molecular flexibility index (Phi) is 6.01. The van der Waals surface area contributed by atoms with Crippen molar-refractivity contribution >= 4 is 43.1 Å². The molecule has 0 N–H and O–H groups in total. The predicted octanol–water partition coefficient (Wildman–Crippen LogP) is 13.2. The maximum absolute atomic E-state index is 2.50. The second kappa shape index (κ2) is 10.8. The van der Waals surface area contributed by atoms with Crippen LogP contribution in [0.25, 0.3) is 87.6 Å². The van der Waals surface area contributed by atoms with Gasteiger partial charge in [-0.3, -0.25) is 0 Å². The van der Waals surface area contributed by atoms with Crippen LogP contribution in [0.2, 0.25) is 0 Å². The quantitative estimate of drug-likeness (QED) is 0.166. The topological polar surface area (TPSA) is 0 Å². The zero-order valence-corrected chi connectivity index (χ0v) is 27.8. The van der Waals surface area contributed by atoms with Crippen LogP contribution in [0.4, 0.5) is 0 Å². The molecule has 0 unspecified atom stereocenters. The van der Waals surface area contributed by atoms with Gasteiger partial charge >= 0.3 is 0 Å². The molecule has 0 bridgehead atoms. The first-order chi connectivity index (χ1) is 24.8. The summed E-state index contributed by atoms with van der Waals surface area (Å²) in [6.45, 7) is 0. The maximum atomic E-state index is 2.50. The number of fused-ring (bicyclic) bond motifs is 12. The maximum Gasteiger partial charge on any atom is -0.00232 e. The van der Waals surface area contributed by atoms with Gasteiger partial charge in [0.2, 0.25) is 0 Å². The first kappa shape index (κ1) is 27.9. The Labute approximate surface area is 292 Å². The molecule has 0 nitrogen and oxygen atoms in total. The van der Waals surface area contributed by atoms with Crippen molar-refractivity contribution in [3.8, 4) is 44.5 Å². The zero-order chi connectivity index (χ0) is 32.8. The highest BCUT2D eigenvalue weighted by Crippen LogP contribution is 2.50. The Morgan fingerprint density at radius 1 is 0.280 bits per heavy atom. The minimum atomic E-state index is 1.04. The van der Waals surface area contributed by atoms with Gasteiger partial charge in [0.15, 0.2) is 0 Å². The van der Waals surface area contributed by atoms with E-state index < -0.39 is 0 Å². The molecule has 0 aromatic heterocycles. The molecule has 0 radical (unpaired) electrons. The Hall–Kier alpha value is -5.98. The van der Waals surface area contributed by atoms with E-state index in [1.807, 2.05) is 0 Å². The van der Waals surface area contributed by atoms with Gasteiger partial charge in [-0.15, -0.1) is 0 Å². The molecule has 0 heterocycles. The third-order valence-electron chi connectivity index (χ3n) is 11.6. The van der Waals surface area contributed by atoms with Crippen molar-refractivity contribution in [2.45, 2.75) is 25.7 Å². The van der Waals surface area contributed by atoms with Gasteiger partial charge in [0.05, 0.1) is 0 Å². The molecular weight excluding hydrogens is 601 g/mol. The van der Waals surface area contributed by atoms with Crippen molar-refractivity contribution in [1.29, 1.82) is 0 Å². The first-order valence-electron chi connectivity index (χ1n) is 18.0. The molecule has 2 aliphatic rings. The highest BCUT2D eigenvalue weighted by atomic mass is 14.3. The largest absolute Gasteiger partial charge is 0.0620 e. The molecule has 0 heteroatoms. The molecule has 234 valence electrons. The Balaban J connectivity index is 1.19. The lowest BCUT2D eigenvalue weighted by molar-refractivity contribution is 0.945. The third-order valence-corrected chi connectivity index (χ3v) is 11.6. The Morgan fingerprint density at radius 2 is 0.840 bits per heavy atom. The van der Waals surface area contributed by atoms with Gasteiger partial charge in [-0.1, -0.05) is 152 Å². The molecule has 11 rings (SSSR count). The molecule has 0 aliphatic heterocycles. The minimum Gasteiger partial charge on any atom is -0.0620 e. The third kappa shape index (κ3) is 4.00. The van der Waals surface area contributed by atoms with Crippen molar-refractivity contribution in [3.05, 3.63) is 180 Å². The average Bonchev–Trinajstić information content (AvgIpc) is 3.19. The van der Waals surface area contributed by atoms with Crippen molar-refractivity contribution in [3.63, 3.8) is 0 Å². The molecule has 0 fully saturated rings. The average molecular weight is 635 g/mol. The fourth-order valence-electron chi connectivity index (χ4n) is 9.46. The van der Waals surface area contributed by atoms with Gasteiger partial charge in [0.25, 0.3) is 0 Å². The standard InChI is InChI=1S/C50H34/c1-4-14-37-31(11-1)21-22-33-23-24-35-29-36(26-27-40(35)47(33)37)48-41-17-7-9-19-43(41)50(44-20-10-8-18-42(44)48)46-30-34-13-3-6-16-39(34)49-38-15-5-2-12-32(38)25-28-45(46)49/h1-22,26-27,29-30H,23-25,28H2. The van der Waals surface area contributed by atoms with Crippen LogP contribution in [0, 0.1) is 0 Å². The van der Waals surface area contributed by atoms with Gasteiger partial charge < -0.3 is 0 Å². The van der Waals surface area contributed by atoms with Gasteiger partial charge in [-0.25, -0.2) is 0 Å². The zero-order valence-electron chi connectivity index (χ0n) is 27.8. The second-order valence-electron chi connectivity index (χ2n) is 14.2. The van der Waals surface area contributed by atoms with Crippen molar-refractivity contribution in [2.75, 3.05) is 0 Å². The second-order valence-corrected chi connectivity index (χ2v) is 14.2. The highest BCUT2D eigenvalue weighted by molar-refractivity contribution is 6.23. The van der Waals surface area contributed by atoms with Crippen LogP contribution in [-0.2, 0) is 25.7 Å². The summed E-state index contributed by atoms with van der Waals surface area (Å²) >= 11 is 0. The van der Waals surface area contributed by atoms with E-state index >= 15 is 0 Å². The summed E-state index contributed by atoms with van der Waals surface area (Å²) in [5, 5.41) is 10.6. The van der Waals surface area contributed by atoms with Gasteiger partial charge in [-0.05, 0) is 142 Å². The molecule has 0 saturated carbocycles. The summed E-state index contributed by atoms with van der Waals surface area (Å²) in [7, 11) is 0. The van der Waals surface area contributed by atoms with E-state index in [2.05, 4.69) is 158 Å².